The molecule has 0 amide bonds. The lowest BCUT2D eigenvalue weighted by Crippen LogP contribution is -2.41. The van der Waals surface area contributed by atoms with Gasteiger partial charge in [-0.1, -0.05) is 0 Å². The summed E-state index contributed by atoms with van der Waals surface area (Å²) < 4.78 is 43.2. The fourth-order valence-corrected chi connectivity index (χ4v) is 3.80. The third kappa shape index (κ3) is 5.80. The maximum absolute atomic E-state index is 10.6. The Kier molecular flexibility index (Phi) is 6.58. The van der Waals surface area contributed by atoms with Gasteiger partial charge in [-0.3, -0.25) is 10.00 Å². The number of hydrogen-bond acceptors (Lipinski definition) is 6. The zero-order chi connectivity index (χ0) is 21.0. The zero-order valence-electron chi connectivity index (χ0n) is 15.9. The van der Waals surface area contributed by atoms with Crippen molar-refractivity contribution in [1.82, 2.24) is 20.1 Å². The molecule has 0 bridgehead atoms. The highest BCUT2D eigenvalue weighted by molar-refractivity contribution is 5.73. The molecule has 0 spiro atoms. The number of likely N-dealkylation sites (tertiary alicyclic amines) is 1. The third-order valence-electron chi connectivity index (χ3n) is 5.11. The molecule has 0 aromatic carbocycles. The van der Waals surface area contributed by atoms with Crippen molar-refractivity contribution in [3.63, 3.8) is 0 Å². The number of carboxylic acid groups (broad SMARTS) is 1. The summed E-state index contributed by atoms with van der Waals surface area (Å²) in [6, 6.07) is 4.00. The summed E-state index contributed by atoms with van der Waals surface area (Å²) in [4.78, 5) is 15.8. The van der Waals surface area contributed by atoms with E-state index < -0.39 is 12.1 Å². The summed E-state index contributed by atoms with van der Waals surface area (Å²) in [7, 11) is 0. The molecule has 4 heterocycles. The van der Waals surface area contributed by atoms with Crippen LogP contribution in [0.25, 0.3) is 0 Å². The van der Waals surface area contributed by atoms with Crippen molar-refractivity contribution in [1.29, 1.82) is 0 Å². The van der Waals surface area contributed by atoms with Gasteiger partial charge in [-0.05, 0) is 37.9 Å². The average molecular weight is 416 g/mol. The van der Waals surface area contributed by atoms with Crippen molar-refractivity contribution in [3.05, 3.63) is 35.8 Å². The van der Waals surface area contributed by atoms with Gasteiger partial charge in [-0.2, -0.15) is 18.3 Å². The highest BCUT2D eigenvalue weighted by Crippen LogP contribution is 2.36. The molecule has 0 radical (unpaired) electrons. The Morgan fingerprint density at radius 2 is 2.21 bits per heavy atom. The Labute approximate surface area is 165 Å². The summed E-state index contributed by atoms with van der Waals surface area (Å²) in [6.45, 7) is 5.89. The fraction of sp³-hybridized carbons (Fsp3) is 0.611. The van der Waals surface area contributed by atoms with E-state index in [0.717, 1.165) is 50.1 Å². The normalized spacial score (nSPS) is 24.6. The van der Waals surface area contributed by atoms with Crippen LogP contribution in [0.5, 0.6) is 0 Å². The van der Waals surface area contributed by atoms with Gasteiger partial charge in [0.25, 0.3) is 0 Å². The SMILES string of the molecule is Cc1nc(C[C@@H]2OC[C@H]3CN(Cc4ccco4)CC[C@H]32)n[nH]1.O=C(O)C(F)(F)F. The first kappa shape index (κ1) is 21.3. The van der Waals surface area contributed by atoms with Gasteiger partial charge in [0.15, 0.2) is 5.82 Å². The number of rotatable bonds is 4. The number of aryl methyl sites for hydroxylation is 1. The number of aromatic amines is 1. The molecule has 0 unspecified atom stereocenters. The third-order valence-corrected chi connectivity index (χ3v) is 5.11. The number of furan rings is 1. The Hall–Kier alpha value is -2.40. The molecule has 8 nitrogen and oxygen atoms in total. The number of fused-ring (bicyclic) bond motifs is 1. The topological polar surface area (TPSA) is 104 Å². The van der Waals surface area contributed by atoms with Crippen LogP contribution in [0.1, 0.15) is 23.8 Å². The van der Waals surface area contributed by atoms with Crippen LogP contribution in [0.15, 0.2) is 22.8 Å². The van der Waals surface area contributed by atoms with Crippen molar-refractivity contribution in [2.75, 3.05) is 19.7 Å². The average Bonchev–Trinajstić information content (AvgIpc) is 3.38. The molecule has 0 aliphatic carbocycles. The number of nitrogens with one attached hydrogen (secondary N) is 1. The van der Waals surface area contributed by atoms with Gasteiger partial charge in [-0.15, -0.1) is 0 Å². The Bertz CT molecular complexity index is 793. The quantitative estimate of drug-likeness (QED) is 0.789. The monoisotopic (exact) mass is 416 g/mol. The molecule has 2 saturated heterocycles. The molecule has 2 fully saturated rings. The molecule has 3 atom stereocenters. The lowest BCUT2D eigenvalue weighted by atomic mass is 9.83. The molecule has 29 heavy (non-hydrogen) atoms. The number of H-pyrrole nitrogens is 1. The number of aromatic nitrogens is 3. The van der Waals surface area contributed by atoms with E-state index in [9.17, 15) is 13.2 Å². The number of carbonyl (C=O) groups is 1. The van der Waals surface area contributed by atoms with Gasteiger partial charge < -0.3 is 14.3 Å². The van der Waals surface area contributed by atoms with E-state index in [1.54, 1.807) is 6.26 Å². The molecule has 2 aromatic rings. The minimum absolute atomic E-state index is 0.269. The molecule has 0 saturated carbocycles. The fourth-order valence-electron chi connectivity index (χ4n) is 3.80. The molecule has 11 heteroatoms. The van der Waals surface area contributed by atoms with E-state index in [2.05, 4.69) is 20.1 Å². The van der Waals surface area contributed by atoms with Crippen molar-refractivity contribution in [2.24, 2.45) is 11.8 Å². The number of ether oxygens (including phenoxy) is 1. The molecule has 160 valence electrons. The van der Waals surface area contributed by atoms with Crippen molar-refractivity contribution in [2.45, 2.75) is 38.6 Å². The minimum Gasteiger partial charge on any atom is -0.475 e. The predicted molar refractivity (Wildman–Crippen MR) is 93.8 cm³/mol. The van der Waals surface area contributed by atoms with E-state index in [0.29, 0.717) is 11.8 Å². The lowest BCUT2D eigenvalue weighted by molar-refractivity contribution is -0.192. The zero-order valence-corrected chi connectivity index (χ0v) is 15.9. The Morgan fingerprint density at radius 3 is 2.79 bits per heavy atom. The van der Waals surface area contributed by atoms with Gasteiger partial charge in [0, 0.05) is 18.9 Å². The molecule has 4 rings (SSSR count). The van der Waals surface area contributed by atoms with Crippen LogP contribution in [-0.4, -0.2) is 63.1 Å². The predicted octanol–water partition coefficient (Wildman–Crippen LogP) is 2.42. The van der Waals surface area contributed by atoms with Gasteiger partial charge in [0.05, 0.1) is 25.5 Å². The van der Waals surface area contributed by atoms with Gasteiger partial charge in [0.1, 0.15) is 11.6 Å². The molecule has 2 aliphatic heterocycles. The van der Waals surface area contributed by atoms with Gasteiger partial charge >= 0.3 is 12.1 Å². The second-order valence-electron chi connectivity index (χ2n) is 7.24. The van der Waals surface area contributed by atoms with Crippen LogP contribution >= 0.6 is 0 Å². The summed E-state index contributed by atoms with van der Waals surface area (Å²) in [5.41, 5.74) is 0. The van der Waals surface area contributed by atoms with E-state index in [1.165, 1.54) is 6.42 Å². The first-order chi connectivity index (χ1) is 13.7. The van der Waals surface area contributed by atoms with Gasteiger partial charge in [-0.25, -0.2) is 9.78 Å². The molecular formula is C18H23F3N4O4. The molecule has 2 aromatic heterocycles. The molecule has 2 aliphatic rings. The van der Waals surface area contributed by atoms with Gasteiger partial charge in [0.2, 0.25) is 0 Å². The second kappa shape index (κ2) is 8.95. The van der Waals surface area contributed by atoms with E-state index >= 15 is 0 Å². The summed E-state index contributed by atoms with van der Waals surface area (Å²) >= 11 is 0. The summed E-state index contributed by atoms with van der Waals surface area (Å²) in [5.74, 6) is 1.29. The Morgan fingerprint density at radius 1 is 1.45 bits per heavy atom. The van der Waals surface area contributed by atoms with Crippen molar-refractivity contribution >= 4 is 5.97 Å². The highest BCUT2D eigenvalue weighted by Gasteiger charge is 2.41. The smallest absolute Gasteiger partial charge is 0.475 e. The number of aliphatic carboxylic acids is 1. The summed E-state index contributed by atoms with van der Waals surface area (Å²) in [5, 5.41) is 14.3. The van der Waals surface area contributed by atoms with Crippen LogP contribution in [-0.2, 0) is 22.5 Å². The number of nitrogens with zero attached hydrogens (tertiary/aromatic N) is 3. The largest absolute Gasteiger partial charge is 0.490 e. The lowest BCUT2D eigenvalue weighted by Gasteiger charge is -2.35. The standard InChI is InChI=1S/C16H22N4O2.C2HF3O2/c1-11-17-16(19-18-11)7-15-14-4-5-20(8-12(14)10-22-15)9-13-3-2-6-21-13;3-2(4,5)1(6)7/h2-3,6,12,14-15H,4-5,7-10H2,1H3,(H,17,18,19);(H,6,7)/t12-,14-,15+;/m1./s1. The number of piperidine rings is 1. The minimum atomic E-state index is -5.08. The number of carboxylic acids is 1. The maximum Gasteiger partial charge on any atom is 0.490 e. The number of hydrogen-bond donors (Lipinski definition) is 2. The second-order valence-corrected chi connectivity index (χ2v) is 7.24. The molecule has 2 N–H and O–H groups in total. The first-order valence-electron chi connectivity index (χ1n) is 9.26. The number of halogens is 3. The highest BCUT2D eigenvalue weighted by atomic mass is 19.4. The van der Waals surface area contributed by atoms with E-state index in [1.807, 2.05) is 19.1 Å². The van der Waals surface area contributed by atoms with Crippen molar-refractivity contribution in [3.8, 4) is 0 Å². The number of alkyl halides is 3. The van der Waals surface area contributed by atoms with Crippen molar-refractivity contribution < 1.29 is 32.2 Å². The van der Waals surface area contributed by atoms with E-state index in [4.69, 9.17) is 19.1 Å². The first-order valence-corrected chi connectivity index (χ1v) is 9.26. The maximum atomic E-state index is 10.6. The molecular weight excluding hydrogens is 393 g/mol. The van der Waals surface area contributed by atoms with Crippen LogP contribution < -0.4 is 0 Å². The van der Waals surface area contributed by atoms with E-state index in [-0.39, 0.29) is 6.10 Å². The summed E-state index contributed by atoms with van der Waals surface area (Å²) in [6.07, 6.45) is -1.07. The van der Waals surface area contributed by atoms with Crippen LogP contribution in [0.3, 0.4) is 0 Å². The van der Waals surface area contributed by atoms with Crippen LogP contribution in [0, 0.1) is 18.8 Å². The van der Waals surface area contributed by atoms with Crippen LogP contribution in [0.2, 0.25) is 0 Å². The Balaban J connectivity index is 0.000000298. The van der Waals surface area contributed by atoms with Crippen LogP contribution in [0.4, 0.5) is 13.2 Å².